The molecule has 0 amide bonds. The molecule has 1 aromatic carbocycles. The first-order valence-electron chi connectivity index (χ1n) is 10.8. The summed E-state index contributed by atoms with van der Waals surface area (Å²) in [5.74, 6) is 1.35. The Kier molecular flexibility index (Phi) is 11.7. The summed E-state index contributed by atoms with van der Waals surface area (Å²) >= 11 is 0. The van der Waals surface area contributed by atoms with Gasteiger partial charge in [-0.05, 0) is 60.3 Å². The number of allylic oxidation sites excluding steroid dienone is 5. The molecule has 0 spiro atoms. The molecule has 1 aromatic rings. The predicted molar refractivity (Wildman–Crippen MR) is 119 cm³/mol. The van der Waals surface area contributed by atoms with E-state index in [1.807, 2.05) is 18.2 Å². The fourth-order valence-corrected chi connectivity index (χ4v) is 3.42. The quantitative estimate of drug-likeness (QED) is 0.305. The zero-order chi connectivity index (χ0) is 20.1. The molecule has 0 heterocycles. The molecule has 0 radical (unpaired) electrons. The first kappa shape index (κ1) is 23.4. The number of halogens is 1. The van der Waals surface area contributed by atoms with Crippen LogP contribution in [0.15, 0.2) is 49.1 Å². The second-order valence-corrected chi connectivity index (χ2v) is 7.75. The van der Waals surface area contributed by atoms with Crippen molar-refractivity contribution in [3.63, 3.8) is 0 Å². The molecule has 150 valence electrons. The highest BCUT2D eigenvalue weighted by atomic mass is 19.1. The molecule has 0 saturated carbocycles. The minimum Gasteiger partial charge on any atom is -0.207 e. The Labute approximate surface area is 167 Å². The molecule has 2 unspecified atom stereocenters. The molecule has 0 fully saturated rings. The lowest BCUT2D eigenvalue weighted by Gasteiger charge is -2.13. The molecule has 0 bridgehead atoms. The number of rotatable bonds is 13. The van der Waals surface area contributed by atoms with Gasteiger partial charge in [0.15, 0.2) is 0 Å². The summed E-state index contributed by atoms with van der Waals surface area (Å²) in [7, 11) is 0. The van der Waals surface area contributed by atoms with Gasteiger partial charge in [-0.3, -0.25) is 0 Å². The van der Waals surface area contributed by atoms with Crippen molar-refractivity contribution in [2.45, 2.75) is 79.1 Å². The third kappa shape index (κ3) is 8.73. The van der Waals surface area contributed by atoms with E-state index >= 15 is 0 Å². The van der Waals surface area contributed by atoms with Gasteiger partial charge in [-0.15, -0.1) is 0 Å². The van der Waals surface area contributed by atoms with Crippen LogP contribution >= 0.6 is 0 Å². The van der Waals surface area contributed by atoms with Gasteiger partial charge in [0.2, 0.25) is 0 Å². The van der Waals surface area contributed by atoms with Crippen LogP contribution in [0.25, 0.3) is 5.57 Å². The van der Waals surface area contributed by atoms with Gasteiger partial charge in [0.1, 0.15) is 5.82 Å². The van der Waals surface area contributed by atoms with Gasteiger partial charge in [0, 0.05) is 0 Å². The van der Waals surface area contributed by atoms with E-state index in [9.17, 15) is 4.39 Å². The highest BCUT2D eigenvalue weighted by molar-refractivity contribution is 5.74. The van der Waals surface area contributed by atoms with Crippen molar-refractivity contribution < 1.29 is 4.39 Å². The maximum absolute atomic E-state index is 14.6. The van der Waals surface area contributed by atoms with E-state index in [1.54, 1.807) is 12.1 Å². The minimum absolute atomic E-state index is 0.0777. The maximum atomic E-state index is 14.6. The van der Waals surface area contributed by atoms with Crippen LogP contribution in [-0.4, -0.2) is 0 Å². The molecular weight excluding hydrogens is 331 g/mol. The average Bonchev–Trinajstić information content (AvgIpc) is 2.68. The van der Waals surface area contributed by atoms with Crippen LogP contribution in [0.2, 0.25) is 0 Å². The Morgan fingerprint density at radius 3 is 2.48 bits per heavy atom. The topological polar surface area (TPSA) is 0 Å². The lowest BCUT2D eigenvalue weighted by Crippen LogP contribution is -1.99. The smallest absolute Gasteiger partial charge is 0.127 e. The van der Waals surface area contributed by atoms with Crippen LogP contribution in [-0.2, 0) is 6.42 Å². The zero-order valence-corrected chi connectivity index (χ0v) is 17.9. The molecule has 0 aromatic heterocycles. The number of hydrogen-bond donors (Lipinski definition) is 0. The van der Waals surface area contributed by atoms with Gasteiger partial charge in [0.25, 0.3) is 0 Å². The molecular formula is C26H39F. The Morgan fingerprint density at radius 2 is 1.89 bits per heavy atom. The van der Waals surface area contributed by atoms with E-state index in [-0.39, 0.29) is 5.82 Å². The number of benzene rings is 1. The maximum Gasteiger partial charge on any atom is 0.127 e. The van der Waals surface area contributed by atoms with E-state index in [4.69, 9.17) is 0 Å². The summed E-state index contributed by atoms with van der Waals surface area (Å²) in [5, 5.41) is 0. The summed E-state index contributed by atoms with van der Waals surface area (Å²) in [6.07, 6.45) is 17.0. The summed E-state index contributed by atoms with van der Waals surface area (Å²) in [6, 6.07) is 5.74. The average molecular weight is 371 g/mol. The van der Waals surface area contributed by atoms with Crippen molar-refractivity contribution in [1.29, 1.82) is 0 Å². The molecule has 1 rings (SSSR count). The Bertz CT molecular complexity index is 609. The molecule has 0 nitrogen and oxygen atoms in total. The minimum atomic E-state index is -0.0777. The molecule has 0 saturated heterocycles. The fourth-order valence-electron chi connectivity index (χ4n) is 3.42. The third-order valence-corrected chi connectivity index (χ3v) is 5.62. The molecule has 0 aliphatic rings. The molecule has 0 N–H and O–H groups in total. The van der Waals surface area contributed by atoms with Gasteiger partial charge in [0.05, 0.1) is 0 Å². The van der Waals surface area contributed by atoms with Crippen LogP contribution in [0.5, 0.6) is 0 Å². The van der Waals surface area contributed by atoms with Crippen LogP contribution in [0.1, 0.15) is 83.8 Å². The van der Waals surface area contributed by atoms with E-state index in [1.165, 1.54) is 25.7 Å². The second-order valence-electron chi connectivity index (χ2n) is 7.75. The molecule has 0 aliphatic carbocycles. The van der Waals surface area contributed by atoms with Crippen molar-refractivity contribution in [3.05, 3.63) is 66.0 Å². The fraction of sp³-hybridized carbons (Fsp3) is 0.538. The highest BCUT2D eigenvalue weighted by Gasteiger charge is 2.08. The van der Waals surface area contributed by atoms with Crippen LogP contribution in [0, 0.1) is 17.7 Å². The van der Waals surface area contributed by atoms with Crippen LogP contribution < -0.4 is 0 Å². The summed E-state index contributed by atoms with van der Waals surface area (Å²) in [5.41, 5.74) is 2.88. The van der Waals surface area contributed by atoms with Gasteiger partial charge in [-0.25, -0.2) is 4.39 Å². The Balaban J connectivity index is 2.89. The van der Waals surface area contributed by atoms with Gasteiger partial charge >= 0.3 is 0 Å². The predicted octanol–water partition coefficient (Wildman–Crippen LogP) is 8.54. The van der Waals surface area contributed by atoms with E-state index in [0.29, 0.717) is 5.92 Å². The summed E-state index contributed by atoms with van der Waals surface area (Å²) in [6.45, 7) is 12.7. The molecule has 0 aliphatic heterocycles. The van der Waals surface area contributed by atoms with Gasteiger partial charge in [-0.2, -0.15) is 0 Å². The lowest BCUT2D eigenvalue weighted by atomic mass is 9.93. The summed E-state index contributed by atoms with van der Waals surface area (Å²) < 4.78 is 14.6. The zero-order valence-electron chi connectivity index (χ0n) is 17.9. The monoisotopic (exact) mass is 370 g/mol. The number of aryl methyl sites for hydroxylation is 1. The molecule has 27 heavy (non-hydrogen) atoms. The van der Waals surface area contributed by atoms with E-state index in [2.05, 4.69) is 46.4 Å². The van der Waals surface area contributed by atoms with Crippen molar-refractivity contribution in [3.8, 4) is 0 Å². The SMILES string of the molecule is C=C/C=C\C(=C/CCC(CC)CCC)c1ccc(CCC(C)CC)c(F)c1. The lowest BCUT2D eigenvalue weighted by molar-refractivity contribution is 0.436. The van der Waals surface area contributed by atoms with Crippen LogP contribution in [0.3, 0.4) is 0 Å². The van der Waals surface area contributed by atoms with Gasteiger partial charge < -0.3 is 0 Å². The van der Waals surface area contributed by atoms with Crippen LogP contribution in [0.4, 0.5) is 4.39 Å². The highest BCUT2D eigenvalue weighted by Crippen LogP contribution is 2.24. The molecule has 1 heteroatoms. The largest absolute Gasteiger partial charge is 0.207 e. The normalized spacial score (nSPS) is 14.5. The second kappa shape index (κ2) is 13.5. The number of hydrogen-bond acceptors (Lipinski definition) is 0. The molecule has 2 atom stereocenters. The first-order valence-corrected chi connectivity index (χ1v) is 10.8. The summed E-state index contributed by atoms with van der Waals surface area (Å²) in [4.78, 5) is 0. The van der Waals surface area contributed by atoms with Crippen molar-refractivity contribution in [2.75, 3.05) is 0 Å². The third-order valence-electron chi connectivity index (χ3n) is 5.62. The van der Waals surface area contributed by atoms with Crippen molar-refractivity contribution in [2.24, 2.45) is 11.8 Å². The Hall–Kier alpha value is -1.63. The van der Waals surface area contributed by atoms with Crippen molar-refractivity contribution in [1.82, 2.24) is 0 Å². The van der Waals surface area contributed by atoms with E-state index < -0.39 is 0 Å². The standard InChI is InChI=1S/C26H39F/c1-6-10-14-23(15-11-13-22(9-4)12-7-2)25-19-18-24(26(27)20-25)17-16-21(5)8-3/h6,10,14-15,18-22H,1,7-9,11-13,16-17H2,2-5H3/b14-10-,23-15+. The van der Waals surface area contributed by atoms with E-state index in [0.717, 1.165) is 48.3 Å². The van der Waals surface area contributed by atoms with Gasteiger partial charge in [-0.1, -0.05) is 96.4 Å². The van der Waals surface area contributed by atoms with Crippen molar-refractivity contribution >= 4 is 5.57 Å². The first-order chi connectivity index (χ1) is 13.0. The Morgan fingerprint density at radius 1 is 1.11 bits per heavy atom.